The van der Waals surface area contributed by atoms with Crippen molar-refractivity contribution in [2.24, 2.45) is 0 Å². The van der Waals surface area contributed by atoms with E-state index >= 15 is 0 Å². The Balaban J connectivity index is 3.48. The van der Waals surface area contributed by atoms with Gasteiger partial charge in [-0.25, -0.2) is 0 Å². The maximum atomic E-state index is 8.43. The minimum absolute atomic E-state index is 0.169. The zero-order chi connectivity index (χ0) is 9.94. The lowest BCUT2D eigenvalue weighted by molar-refractivity contribution is -0.118. The first-order chi connectivity index (χ1) is 6.35. The van der Waals surface area contributed by atoms with Crippen molar-refractivity contribution in [2.45, 2.75) is 12.5 Å². The second kappa shape index (κ2) is 9.42. The minimum atomic E-state index is -0.250. The van der Waals surface area contributed by atoms with Crippen LogP contribution < -0.4 is 0 Å². The van der Waals surface area contributed by atoms with Gasteiger partial charge in [-0.05, 0) is 0 Å². The van der Waals surface area contributed by atoms with Crippen LogP contribution in [0.3, 0.4) is 0 Å². The van der Waals surface area contributed by atoms with E-state index in [4.69, 9.17) is 19.5 Å². The first kappa shape index (κ1) is 12.3. The van der Waals surface area contributed by atoms with E-state index in [1.165, 1.54) is 14.2 Å². The molecule has 0 saturated carbocycles. The fourth-order valence-electron chi connectivity index (χ4n) is 0.695. The Morgan fingerprint density at radius 1 is 1.23 bits per heavy atom. The van der Waals surface area contributed by atoms with E-state index < -0.39 is 0 Å². The van der Waals surface area contributed by atoms with Gasteiger partial charge in [0.25, 0.3) is 0 Å². The van der Waals surface area contributed by atoms with E-state index in [0.29, 0.717) is 6.61 Å². The van der Waals surface area contributed by atoms with Gasteiger partial charge in [0.2, 0.25) is 0 Å². The van der Waals surface area contributed by atoms with E-state index in [2.05, 4.69) is 4.74 Å². The molecule has 0 amide bonds. The summed E-state index contributed by atoms with van der Waals surface area (Å²) in [5, 5.41) is 8.43. The normalized spacial score (nSPS) is 12.4. The van der Waals surface area contributed by atoms with Gasteiger partial charge < -0.3 is 18.9 Å². The molecule has 5 heteroatoms. The molecule has 0 heterocycles. The van der Waals surface area contributed by atoms with E-state index in [9.17, 15) is 0 Å². The number of methoxy groups -OCH3 is 2. The van der Waals surface area contributed by atoms with E-state index in [-0.39, 0.29) is 26.1 Å². The molecule has 0 saturated heterocycles. The molecule has 5 nitrogen and oxygen atoms in total. The summed E-state index contributed by atoms with van der Waals surface area (Å²) in [6.07, 6.45) is 0.0349. The largest absolute Gasteiger partial charge is 0.359 e. The molecule has 76 valence electrons. The molecule has 0 N–H and O–H groups in total. The van der Waals surface area contributed by atoms with Crippen molar-refractivity contribution in [1.82, 2.24) is 0 Å². The highest BCUT2D eigenvalue weighted by molar-refractivity contribution is 4.75. The predicted molar refractivity (Wildman–Crippen MR) is 44.8 cm³/mol. The molecule has 1 atom stereocenters. The topological polar surface area (TPSA) is 60.7 Å². The molecule has 0 rings (SSSR count). The highest BCUT2D eigenvalue weighted by Crippen LogP contribution is 1.98. The standard InChI is InChI=1S/C8H15NO4/c1-10-6-12-5-8(3-4-9)13-7-11-2/h8H,3,5-7H2,1-2H3. The molecule has 0 bridgehead atoms. The number of hydrogen-bond donors (Lipinski definition) is 0. The predicted octanol–water partition coefficient (Wildman–Crippen LogP) is 0.510. The summed E-state index contributed by atoms with van der Waals surface area (Å²) in [6, 6.07) is 2.00. The van der Waals surface area contributed by atoms with Gasteiger partial charge in [-0.15, -0.1) is 0 Å². The first-order valence-corrected chi connectivity index (χ1v) is 3.89. The maximum Gasteiger partial charge on any atom is 0.146 e. The SMILES string of the molecule is COCOCC(CC#N)OCOC. The lowest BCUT2D eigenvalue weighted by atomic mass is 10.3. The van der Waals surface area contributed by atoms with Crippen LogP contribution in [0.2, 0.25) is 0 Å². The van der Waals surface area contributed by atoms with Crippen molar-refractivity contribution in [1.29, 1.82) is 5.26 Å². The van der Waals surface area contributed by atoms with Crippen LogP contribution in [0.5, 0.6) is 0 Å². The fourth-order valence-corrected chi connectivity index (χ4v) is 0.695. The lowest BCUT2D eigenvalue weighted by Crippen LogP contribution is -2.21. The number of hydrogen-bond acceptors (Lipinski definition) is 5. The Bertz CT molecular complexity index is 146. The monoisotopic (exact) mass is 189 g/mol. The van der Waals surface area contributed by atoms with Gasteiger partial charge in [-0.2, -0.15) is 5.26 Å². The van der Waals surface area contributed by atoms with Gasteiger partial charge >= 0.3 is 0 Å². The van der Waals surface area contributed by atoms with Crippen molar-refractivity contribution >= 4 is 0 Å². The van der Waals surface area contributed by atoms with Crippen LogP contribution >= 0.6 is 0 Å². The van der Waals surface area contributed by atoms with Crippen LogP contribution in [0.4, 0.5) is 0 Å². The van der Waals surface area contributed by atoms with Crippen molar-refractivity contribution in [3.05, 3.63) is 0 Å². The summed E-state index contributed by atoms with van der Waals surface area (Å²) in [6.45, 7) is 0.714. The first-order valence-electron chi connectivity index (χ1n) is 3.89. The summed E-state index contributed by atoms with van der Waals surface area (Å²) in [4.78, 5) is 0. The Morgan fingerprint density at radius 2 is 1.92 bits per heavy atom. The molecule has 13 heavy (non-hydrogen) atoms. The van der Waals surface area contributed by atoms with E-state index in [0.717, 1.165) is 0 Å². The summed E-state index contributed by atoms with van der Waals surface area (Å²) < 4.78 is 19.6. The van der Waals surface area contributed by atoms with Gasteiger partial charge in [-0.3, -0.25) is 0 Å². The number of rotatable bonds is 8. The third-order valence-corrected chi connectivity index (χ3v) is 1.25. The van der Waals surface area contributed by atoms with Crippen LogP contribution in [0.15, 0.2) is 0 Å². The third-order valence-electron chi connectivity index (χ3n) is 1.25. The number of ether oxygens (including phenoxy) is 4. The average Bonchev–Trinajstić information content (AvgIpc) is 2.14. The number of nitrogens with zero attached hydrogens (tertiary/aromatic N) is 1. The Hall–Kier alpha value is -0.670. The molecule has 0 aromatic heterocycles. The van der Waals surface area contributed by atoms with Gasteiger partial charge in [-0.1, -0.05) is 0 Å². The van der Waals surface area contributed by atoms with Gasteiger partial charge in [0, 0.05) is 14.2 Å². The molecular weight excluding hydrogens is 174 g/mol. The second-order valence-electron chi connectivity index (χ2n) is 2.33. The third kappa shape index (κ3) is 7.68. The molecule has 0 spiro atoms. The molecule has 0 aliphatic rings. The van der Waals surface area contributed by atoms with Crippen LogP contribution in [-0.4, -0.2) is 40.5 Å². The van der Waals surface area contributed by atoms with Gasteiger partial charge in [0.15, 0.2) is 0 Å². The fraction of sp³-hybridized carbons (Fsp3) is 0.875. The second-order valence-corrected chi connectivity index (χ2v) is 2.33. The van der Waals surface area contributed by atoms with Crippen molar-refractivity contribution in [2.75, 3.05) is 34.4 Å². The Labute approximate surface area is 78.1 Å². The van der Waals surface area contributed by atoms with Gasteiger partial charge in [0.1, 0.15) is 13.6 Å². The minimum Gasteiger partial charge on any atom is -0.359 e. The zero-order valence-electron chi connectivity index (χ0n) is 7.99. The van der Waals surface area contributed by atoms with E-state index in [1.54, 1.807) is 0 Å². The maximum absolute atomic E-state index is 8.43. The van der Waals surface area contributed by atoms with Crippen LogP contribution in [0.25, 0.3) is 0 Å². The summed E-state index contributed by atoms with van der Waals surface area (Å²) in [5.41, 5.74) is 0. The highest BCUT2D eigenvalue weighted by atomic mass is 16.7. The molecule has 0 radical (unpaired) electrons. The van der Waals surface area contributed by atoms with Crippen LogP contribution in [0.1, 0.15) is 6.42 Å². The Morgan fingerprint density at radius 3 is 2.46 bits per heavy atom. The summed E-state index contributed by atoms with van der Waals surface area (Å²) >= 11 is 0. The van der Waals surface area contributed by atoms with E-state index in [1.807, 2.05) is 6.07 Å². The van der Waals surface area contributed by atoms with Crippen molar-refractivity contribution in [3.63, 3.8) is 0 Å². The van der Waals surface area contributed by atoms with Crippen molar-refractivity contribution < 1.29 is 18.9 Å². The Kier molecular flexibility index (Phi) is 8.93. The highest BCUT2D eigenvalue weighted by Gasteiger charge is 2.08. The average molecular weight is 189 g/mol. The quantitative estimate of drug-likeness (QED) is 0.411. The van der Waals surface area contributed by atoms with Crippen LogP contribution in [-0.2, 0) is 18.9 Å². The summed E-state index contributed by atoms with van der Waals surface area (Å²) in [5.74, 6) is 0. The number of nitriles is 1. The molecular formula is C8H15NO4. The zero-order valence-corrected chi connectivity index (χ0v) is 7.99. The lowest BCUT2D eigenvalue weighted by Gasteiger charge is -2.13. The van der Waals surface area contributed by atoms with Crippen molar-refractivity contribution in [3.8, 4) is 6.07 Å². The molecule has 0 aliphatic carbocycles. The molecule has 0 fully saturated rings. The molecule has 1 unspecified atom stereocenters. The smallest absolute Gasteiger partial charge is 0.146 e. The molecule has 0 aromatic rings. The van der Waals surface area contributed by atoms with Crippen LogP contribution in [0, 0.1) is 11.3 Å². The molecule has 0 aliphatic heterocycles. The molecule has 0 aromatic carbocycles. The summed E-state index contributed by atoms with van der Waals surface area (Å²) in [7, 11) is 3.06. The van der Waals surface area contributed by atoms with Gasteiger partial charge in [0.05, 0.1) is 25.2 Å².